The van der Waals surface area contributed by atoms with Gasteiger partial charge in [0.15, 0.2) is 5.78 Å². The molecule has 0 radical (unpaired) electrons. The second-order valence-corrected chi connectivity index (χ2v) is 8.97. The second-order valence-electron chi connectivity index (χ2n) is 8.97. The first-order valence-corrected chi connectivity index (χ1v) is 9.15. The predicted octanol–water partition coefficient (Wildman–Crippen LogP) is 5.79. The number of nitro benzene ring substituents is 1. The van der Waals surface area contributed by atoms with E-state index in [9.17, 15) is 20.0 Å². The zero-order chi connectivity index (χ0) is 21.3. The minimum atomic E-state index is -0.497. The zero-order valence-electron chi connectivity index (χ0n) is 17.2. The van der Waals surface area contributed by atoms with Crippen LogP contribution in [0, 0.1) is 10.1 Å². The van der Waals surface area contributed by atoms with Crippen LogP contribution in [0.4, 0.5) is 5.69 Å². The number of carbonyl (C=O) groups excluding carboxylic acids is 1. The van der Waals surface area contributed by atoms with Gasteiger partial charge in [0.2, 0.25) is 0 Å². The van der Waals surface area contributed by atoms with E-state index in [1.165, 1.54) is 30.3 Å². The van der Waals surface area contributed by atoms with Crippen molar-refractivity contribution in [3.63, 3.8) is 0 Å². The molecular weight excluding hydrogens is 354 g/mol. The van der Waals surface area contributed by atoms with Crippen LogP contribution >= 0.6 is 0 Å². The Hall–Kier alpha value is -2.95. The number of hydrogen-bond donors (Lipinski definition) is 1. The van der Waals surface area contributed by atoms with E-state index < -0.39 is 4.92 Å². The molecule has 0 saturated carbocycles. The van der Waals surface area contributed by atoms with E-state index in [0.717, 1.165) is 16.7 Å². The number of ketones is 1. The molecule has 0 unspecified atom stereocenters. The molecule has 2 aromatic carbocycles. The predicted molar refractivity (Wildman–Crippen MR) is 112 cm³/mol. The van der Waals surface area contributed by atoms with Crippen LogP contribution in [0.5, 0.6) is 5.75 Å². The summed E-state index contributed by atoms with van der Waals surface area (Å²) in [5.41, 5.74) is 2.29. The first-order valence-electron chi connectivity index (χ1n) is 9.15. The number of non-ortho nitro benzene ring substituents is 1. The van der Waals surface area contributed by atoms with E-state index in [-0.39, 0.29) is 22.3 Å². The molecule has 0 saturated heterocycles. The molecule has 1 N–H and O–H groups in total. The molecule has 0 amide bonds. The van der Waals surface area contributed by atoms with E-state index >= 15 is 0 Å². The van der Waals surface area contributed by atoms with Crippen LogP contribution < -0.4 is 0 Å². The number of nitro groups is 1. The summed E-state index contributed by atoms with van der Waals surface area (Å²) in [7, 11) is 0. The highest BCUT2D eigenvalue weighted by atomic mass is 16.6. The van der Waals surface area contributed by atoms with Crippen LogP contribution in [-0.4, -0.2) is 15.8 Å². The fourth-order valence-electron chi connectivity index (χ4n) is 2.91. The Morgan fingerprint density at radius 2 is 1.43 bits per heavy atom. The van der Waals surface area contributed by atoms with Crippen LogP contribution in [-0.2, 0) is 10.8 Å². The Morgan fingerprint density at radius 1 is 0.964 bits per heavy atom. The van der Waals surface area contributed by atoms with Gasteiger partial charge in [-0.15, -0.1) is 0 Å². The van der Waals surface area contributed by atoms with E-state index in [4.69, 9.17) is 0 Å². The van der Waals surface area contributed by atoms with Crippen molar-refractivity contribution in [2.75, 3.05) is 0 Å². The number of rotatable bonds is 4. The molecule has 0 aromatic heterocycles. The minimum Gasteiger partial charge on any atom is -0.507 e. The number of nitrogens with zero attached hydrogens (tertiary/aromatic N) is 1. The summed E-state index contributed by atoms with van der Waals surface area (Å²) >= 11 is 0. The van der Waals surface area contributed by atoms with Crippen LogP contribution in [0.1, 0.15) is 68.6 Å². The second kappa shape index (κ2) is 7.58. The van der Waals surface area contributed by atoms with E-state index in [1.807, 2.05) is 53.7 Å². The SMILES string of the molecule is CC(C)(C)c1cc(C=CC(=O)c2ccc([N+](=O)[O-])cc2)cc(C(C)(C)C)c1O. The summed E-state index contributed by atoms with van der Waals surface area (Å²) in [6, 6.07) is 9.31. The number of aromatic hydroxyl groups is 1. The molecule has 0 fully saturated rings. The van der Waals surface area contributed by atoms with Gasteiger partial charge in [-0.3, -0.25) is 14.9 Å². The molecule has 0 heterocycles. The number of carbonyl (C=O) groups is 1. The Labute approximate surface area is 165 Å². The minimum absolute atomic E-state index is 0.0521. The van der Waals surface area contributed by atoms with Gasteiger partial charge >= 0.3 is 0 Å². The molecule has 2 rings (SSSR count). The third kappa shape index (κ3) is 4.85. The van der Waals surface area contributed by atoms with E-state index in [0.29, 0.717) is 11.3 Å². The van der Waals surface area contributed by atoms with Gasteiger partial charge in [0, 0.05) is 28.8 Å². The molecule has 148 valence electrons. The zero-order valence-corrected chi connectivity index (χ0v) is 17.2. The summed E-state index contributed by atoms with van der Waals surface area (Å²) < 4.78 is 0. The van der Waals surface area contributed by atoms with Crippen molar-refractivity contribution in [1.82, 2.24) is 0 Å². The molecule has 0 bridgehead atoms. The molecule has 5 heteroatoms. The smallest absolute Gasteiger partial charge is 0.269 e. The van der Waals surface area contributed by atoms with Crippen molar-refractivity contribution in [3.05, 3.63) is 74.8 Å². The van der Waals surface area contributed by atoms with Crippen molar-refractivity contribution in [3.8, 4) is 5.75 Å². The number of allylic oxidation sites excluding steroid dienone is 1. The third-order valence-electron chi connectivity index (χ3n) is 4.54. The van der Waals surface area contributed by atoms with Gasteiger partial charge in [-0.05, 0) is 46.7 Å². The highest BCUT2D eigenvalue weighted by molar-refractivity contribution is 6.06. The average molecular weight is 381 g/mol. The molecule has 0 spiro atoms. The van der Waals surface area contributed by atoms with E-state index in [1.54, 1.807) is 6.08 Å². The lowest BCUT2D eigenvalue weighted by Gasteiger charge is -2.27. The standard InChI is InChI=1S/C23H27NO4/c1-22(2,3)18-13-15(14-19(21(18)26)23(4,5)6)7-12-20(25)16-8-10-17(11-9-16)24(27)28/h7-14,26H,1-6H3. The molecule has 0 aliphatic heterocycles. The summed E-state index contributed by atoms with van der Waals surface area (Å²) in [4.78, 5) is 22.7. The maximum Gasteiger partial charge on any atom is 0.269 e. The van der Waals surface area contributed by atoms with Gasteiger partial charge in [0.05, 0.1) is 4.92 Å². The fourth-order valence-corrected chi connectivity index (χ4v) is 2.91. The first kappa shape index (κ1) is 21.4. The van der Waals surface area contributed by atoms with Crippen LogP contribution in [0.25, 0.3) is 6.08 Å². The molecule has 2 aromatic rings. The lowest BCUT2D eigenvalue weighted by molar-refractivity contribution is -0.384. The maximum absolute atomic E-state index is 12.4. The quantitative estimate of drug-likeness (QED) is 0.314. The molecule has 28 heavy (non-hydrogen) atoms. The molecule has 0 aliphatic rings. The van der Waals surface area contributed by atoms with Gasteiger partial charge in [0.25, 0.3) is 5.69 Å². The molecule has 5 nitrogen and oxygen atoms in total. The number of phenols is 1. The van der Waals surface area contributed by atoms with Crippen molar-refractivity contribution in [1.29, 1.82) is 0 Å². The molecule has 0 aliphatic carbocycles. The van der Waals surface area contributed by atoms with Gasteiger partial charge in [0.1, 0.15) is 5.75 Å². The summed E-state index contributed by atoms with van der Waals surface area (Å²) in [5.74, 6) is 0.0523. The summed E-state index contributed by atoms with van der Waals surface area (Å²) in [5, 5.41) is 21.5. The van der Waals surface area contributed by atoms with Gasteiger partial charge < -0.3 is 5.11 Å². The third-order valence-corrected chi connectivity index (χ3v) is 4.54. The molecular formula is C23H27NO4. The highest BCUT2D eigenvalue weighted by Gasteiger charge is 2.26. The number of phenolic OH excluding ortho intramolecular Hbond substituents is 1. The largest absolute Gasteiger partial charge is 0.507 e. The Kier molecular flexibility index (Phi) is 5.78. The lowest BCUT2D eigenvalue weighted by atomic mass is 9.78. The van der Waals surface area contributed by atoms with Crippen molar-refractivity contribution in [2.24, 2.45) is 0 Å². The van der Waals surface area contributed by atoms with Crippen molar-refractivity contribution in [2.45, 2.75) is 52.4 Å². The summed E-state index contributed by atoms with van der Waals surface area (Å²) in [6.07, 6.45) is 3.17. The van der Waals surface area contributed by atoms with Gasteiger partial charge in [-0.2, -0.15) is 0 Å². The summed E-state index contributed by atoms with van der Waals surface area (Å²) in [6.45, 7) is 12.2. The van der Waals surface area contributed by atoms with Crippen molar-refractivity contribution >= 4 is 17.5 Å². The van der Waals surface area contributed by atoms with E-state index in [2.05, 4.69) is 0 Å². The Bertz CT molecular complexity index is 892. The van der Waals surface area contributed by atoms with Crippen molar-refractivity contribution < 1.29 is 14.8 Å². The van der Waals surface area contributed by atoms with Crippen LogP contribution in [0.2, 0.25) is 0 Å². The van der Waals surface area contributed by atoms with Gasteiger partial charge in [-0.1, -0.05) is 47.6 Å². The molecule has 0 atom stereocenters. The Morgan fingerprint density at radius 3 is 1.82 bits per heavy atom. The number of hydrogen-bond acceptors (Lipinski definition) is 4. The maximum atomic E-state index is 12.4. The fraction of sp³-hybridized carbons (Fsp3) is 0.348. The van der Waals surface area contributed by atoms with Gasteiger partial charge in [-0.25, -0.2) is 0 Å². The topological polar surface area (TPSA) is 80.4 Å². The number of benzene rings is 2. The normalized spacial score (nSPS) is 12.4. The Balaban J connectivity index is 2.41. The lowest BCUT2D eigenvalue weighted by Crippen LogP contribution is -2.17. The highest BCUT2D eigenvalue weighted by Crippen LogP contribution is 2.40. The average Bonchev–Trinajstić information content (AvgIpc) is 2.58. The van der Waals surface area contributed by atoms with Crippen LogP contribution in [0.3, 0.4) is 0 Å². The first-order chi connectivity index (χ1) is 12.8. The van der Waals surface area contributed by atoms with Crippen LogP contribution in [0.15, 0.2) is 42.5 Å². The monoisotopic (exact) mass is 381 g/mol.